The third-order valence-corrected chi connectivity index (χ3v) is 6.13. The maximum atomic E-state index is 5.49. The monoisotopic (exact) mass is 298 g/mol. The van der Waals surface area contributed by atoms with Crippen LogP contribution in [0, 0.1) is 0 Å². The lowest BCUT2D eigenvalue weighted by Crippen LogP contribution is -2.43. The van der Waals surface area contributed by atoms with Crippen molar-refractivity contribution in [1.29, 1.82) is 0 Å². The van der Waals surface area contributed by atoms with Gasteiger partial charge >= 0.3 is 8.80 Å². The first-order chi connectivity index (χ1) is 9.36. The van der Waals surface area contributed by atoms with Gasteiger partial charge in [0, 0.05) is 32.9 Å². The Labute approximate surface area is 124 Å². The largest absolute Gasteiger partial charge is 0.500 e. The summed E-state index contributed by atoms with van der Waals surface area (Å²) in [6, 6.07) is 9.37. The molecular formula is C15H28NO3Si+. The molecule has 1 aromatic carbocycles. The van der Waals surface area contributed by atoms with Crippen LogP contribution in [0.5, 0.6) is 0 Å². The zero-order chi connectivity index (χ0) is 15.2. The van der Waals surface area contributed by atoms with Gasteiger partial charge in [0.2, 0.25) is 0 Å². The molecule has 20 heavy (non-hydrogen) atoms. The van der Waals surface area contributed by atoms with Crippen LogP contribution in [0.25, 0.3) is 0 Å². The Kier molecular flexibility index (Phi) is 6.35. The molecule has 0 aromatic heterocycles. The highest BCUT2D eigenvalue weighted by atomic mass is 28.4. The maximum Gasteiger partial charge on any atom is 0.500 e. The highest BCUT2D eigenvalue weighted by molar-refractivity contribution is 6.60. The zero-order valence-electron chi connectivity index (χ0n) is 13.6. The molecule has 0 saturated heterocycles. The quantitative estimate of drug-likeness (QED) is 0.544. The molecule has 0 bridgehead atoms. The van der Waals surface area contributed by atoms with Crippen molar-refractivity contribution < 1.29 is 17.8 Å². The SMILES string of the molecule is CO[Si](CCc1ccccc1C[N+](C)(C)C)(OC)OC. The summed E-state index contributed by atoms with van der Waals surface area (Å²) >= 11 is 0. The molecule has 0 amide bonds. The first-order valence-electron chi connectivity index (χ1n) is 6.88. The topological polar surface area (TPSA) is 27.7 Å². The lowest BCUT2D eigenvalue weighted by Gasteiger charge is -2.27. The van der Waals surface area contributed by atoms with Crippen molar-refractivity contribution in [2.24, 2.45) is 0 Å². The van der Waals surface area contributed by atoms with E-state index in [-0.39, 0.29) is 0 Å². The average molecular weight is 298 g/mol. The van der Waals surface area contributed by atoms with E-state index < -0.39 is 8.80 Å². The van der Waals surface area contributed by atoms with E-state index in [0.29, 0.717) is 0 Å². The third-order valence-electron chi connectivity index (χ3n) is 3.40. The van der Waals surface area contributed by atoms with E-state index in [1.54, 1.807) is 21.3 Å². The second kappa shape index (κ2) is 7.33. The molecule has 0 aliphatic carbocycles. The molecule has 0 N–H and O–H groups in total. The van der Waals surface area contributed by atoms with E-state index in [9.17, 15) is 0 Å². The average Bonchev–Trinajstić information content (AvgIpc) is 2.41. The van der Waals surface area contributed by atoms with E-state index in [2.05, 4.69) is 45.4 Å². The molecule has 0 atom stereocenters. The Hall–Kier alpha value is -0.723. The smallest absolute Gasteiger partial charge is 0.377 e. The molecule has 0 fully saturated rings. The number of nitrogens with zero attached hydrogens (tertiary/aromatic N) is 1. The first kappa shape index (κ1) is 17.3. The minimum absolute atomic E-state index is 0.796. The lowest BCUT2D eigenvalue weighted by atomic mass is 10.0. The second-order valence-corrected chi connectivity index (χ2v) is 9.10. The van der Waals surface area contributed by atoms with Gasteiger partial charge in [-0.2, -0.15) is 0 Å². The Balaban J connectivity index is 2.82. The van der Waals surface area contributed by atoms with Crippen LogP contribution in [0.2, 0.25) is 6.04 Å². The highest BCUT2D eigenvalue weighted by Crippen LogP contribution is 2.20. The van der Waals surface area contributed by atoms with Crippen LogP contribution in [0.3, 0.4) is 0 Å². The van der Waals surface area contributed by atoms with Gasteiger partial charge in [-0.3, -0.25) is 0 Å². The van der Waals surface area contributed by atoms with E-state index in [4.69, 9.17) is 13.3 Å². The number of rotatable bonds is 8. The fraction of sp³-hybridized carbons (Fsp3) is 0.600. The van der Waals surface area contributed by atoms with Gasteiger partial charge in [-0.15, -0.1) is 0 Å². The predicted octanol–water partition coefficient (Wildman–Crippen LogP) is 2.31. The van der Waals surface area contributed by atoms with Gasteiger partial charge < -0.3 is 17.8 Å². The van der Waals surface area contributed by atoms with Crippen LogP contribution in [-0.2, 0) is 26.2 Å². The molecule has 0 aliphatic rings. The summed E-state index contributed by atoms with van der Waals surface area (Å²) in [7, 11) is 9.12. The number of aryl methyl sites for hydroxylation is 1. The summed E-state index contributed by atoms with van der Waals surface area (Å²) < 4.78 is 17.4. The minimum Gasteiger partial charge on any atom is -0.377 e. The van der Waals surface area contributed by atoms with Crippen molar-refractivity contribution in [2.75, 3.05) is 42.5 Å². The molecule has 0 radical (unpaired) electrons. The van der Waals surface area contributed by atoms with Crippen molar-refractivity contribution in [3.63, 3.8) is 0 Å². The summed E-state index contributed by atoms with van der Waals surface area (Å²) in [5.41, 5.74) is 2.73. The normalized spacial score (nSPS) is 12.7. The molecule has 1 aromatic rings. The summed E-state index contributed by atoms with van der Waals surface area (Å²) in [6.45, 7) is 1.01. The van der Waals surface area contributed by atoms with Crippen molar-refractivity contribution >= 4 is 8.80 Å². The highest BCUT2D eigenvalue weighted by Gasteiger charge is 2.37. The van der Waals surface area contributed by atoms with Crippen LogP contribution in [0.1, 0.15) is 11.1 Å². The minimum atomic E-state index is -2.49. The predicted molar refractivity (Wildman–Crippen MR) is 83.5 cm³/mol. The summed E-state index contributed by atoms with van der Waals surface area (Å²) in [6.07, 6.45) is 0.915. The van der Waals surface area contributed by atoms with Gasteiger partial charge in [0.1, 0.15) is 6.54 Å². The lowest BCUT2D eigenvalue weighted by molar-refractivity contribution is -0.884. The van der Waals surface area contributed by atoms with Crippen molar-refractivity contribution in [3.8, 4) is 0 Å². The standard InChI is InChI=1S/C15H28NO3Si/c1-16(2,3)13-15-10-8-7-9-14(15)11-12-20(17-4,18-5)19-6/h7-10H,11-13H2,1-6H3/q+1. The van der Waals surface area contributed by atoms with Crippen LogP contribution >= 0.6 is 0 Å². The van der Waals surface area contributed by atoms with Gasteiger partial charge in [-0.05, 0) is 12.0 Å². The molecule has 1 rings (SSSR count). The molecule has 4 nitrogen and oxygen atoms in total. The molecule has 0 unspecified atom stereocenters. The Morgan fingerprint density at radius 1 is 0.900 bits per heavy atom. The molecule has 0 aliphatic heterocycles. The molecule has 0 heterocycles. The number of benzene rings is 1. The van der Waals surface area contributed by atoms with E-state index in [1.165, 1.54) is 11.1 Å². The fourth-order valence-electron chi connectivity index (χ4n) is 2.31. The maximum absolute atomic E-state index is 5.49. The Morgan fingerprint density at radius 2 is 1.40 bits per heavy atom. The molecule has 0 saturated carbocycles. The third kappa shape index (κ3) is 4.99. The Bertz CT molecular complexity index is 406. The van der Waals surface area contributed by atoms with Gasteiger partial charge in [0.05, 0.1) is 21.1 Å². The summed E-state index contributed by atoms with van der Waals surface area (Å²) in [4.78, 5) is 0. The van der Waals surface area contributed by atoms with Gasteiger partial charge in [-0.25, -0.2) is 0 Å². The molecule has 0 spiro atoms. The molecule has 5 heteroatoms. The first-order valence-corrected chi connectivity index (χ1v) is 8.81. The van der Waals surface area contributed by atoms with Gasteiger partial charge in [-0.1, -0.05) is 24.3 Å². The van der Waals surface area contributed by atoms with Crippen LogP contribution in [-0.4, -0.2) is 55.8 Å². The van der Waals surface area contributed by atoms with Crippen molar-refractivity contribution in [3.05, 3.63) is 35.4 Å². The summed E-state index contributed by atoms with van der Waals surface area (Å²) in [5.74, 6) is 0. The number of quaternary nitrogens is 1. The number of hydrogen-bond acceptors (Lipinski definition) is 3. The number of hydrogen-bond donors (Lipinski definition) is 0. The molecule has 114 valence electrons. The van der Waals surface area contributed by atoms with Crippen LogP contribution in [0.15, 0.2) is 24.3 Å². The van der Waals surface area contributed by atoms with E-state index in [0.717, 1.165) is 23.5 Å². The van der Waals surface area contributed by atoms with Crippen LogP contribution in [0.4, 0.5) is 0 Å². The van der Waals surface area contributed by atoms with E-state index >= 15 is 0 Å². The van der Waals surface area contributed by atoms with Gasteiger partial charge in [0.25, 0.3) is 0 Å². The van der Waals surface area contributed by atoms with Crippen molar-refractivity contribution in [2.45, 2.75) is 19.0 Å². The van der Waals surface area contributed by atoms with E-state index in [1.807, 2.05) is 0 Å². The zero-order valence-corrected chi connectivity index (χ0v) is 14.6. The van der Waals surface area contributed by atoms with Gasteiger partial charge in [0.15, 0.2) is 0 Å². The van der Waals surface area contributed by atoms with Crippen molar-refractivity contribution in [1.82, 2.24) is 0 Å². The Morgan fingerprint density at radius 3 is 1.85 bits per heavy atom. The van der Waals surface area contributed by atoms with Crippen LogP contribution < -0.4 is 0 Å². The molecular weight excluding hydrogens is 270 g/mol. The summed E-state index contributed by atoms with van der Waals surface area (Å²) in [5, 5.41) is 0. The fourth-order valence-corrected chi connectivity index (χ4v) is 4.00. The second-order valence-electron chi connectivity index (χ2n) is 6.01.